The van der Waals surface area contributed by atoms with Crippen LogP contribution in [-0.2, 0) is 4.74 Å². The molecule has 3 heteroatoms. The van der Waals surface area contributed by atoms with Gasteiger partial charge in [-0.2, -0.15) is 0 Å². The minimum Gasteiger partial charge on any atom is -0.371 e. The lowest BCUT2D eigenvalue weighted by Crippen LogP contribution is -2.21. The molecule has 0 aliphatic rings. The molecule has 0 saturated heterocycles. The number of aliphatic hydroxyl groups excluding tert-OH is 1. The van der Waals surface area contributed by atoms with Crippen molar-refractivity contribution in [3.8, 4) is 0 Å². The summed E-state index contributed by atoms with van der Waals surface area (Å²) < 4.78 is 4.53. The van der Waals surface area contributed by atoms with Gasteiger partial charge >= 0.3 is 0 Å². The van der Waals surface area contributed by atoms with E-state index < -0.39 is 0 Å². The molecule has 0 aliphatic carbocycles. The summed E-state index contributed by atoms with van der Waals surface area (Å²) in [5.41, 5.74) is 5.24. The summed E-state index contributed by atoms with van der Waals surface area (Å²) >= 11 is 0. The Labute approximate surface area is 43.1 Å². The second-order valence-electron chi connectivity index (χ2n) is 1.48. The zero-order valence-electron chi connectivity index (χ0n) is 4.42. The Morgan fingerprint density at radius 3 is 2.57 bits per heavy atom. The van der Waals surface area contributed by atoms with Crippen molar-refractivity contribution in [1.29, 1.82) is 0 Å². The van der Waals surface area contributed by atoms with Gasteiger partial charge in [0.05, 0.1) is 6.61 Å². The summed E-state index contributed by atoms with van der Waals surface area (Å²) in [5, 5.41) is 8.04. The molecular weight excluding hydrogens is 94.0 g/mol. The van der Waals surface area contributed by atoms with Gasteiger partial charge in [0.1, 0.15) is 6.79 Å². The number of rotatable bonds is 3. The first kappa shape index (κ1) is 6.88. The Kier molecular flexibility index (Phi) is 3.98. The molecule has 3 nitrogen and oxygen atoms in total. The first-order valence-corrected chi connectivity index (χ1v) is 2.21. The summed E-state index contributed by atoms with van der Waals surface area (Å²) in [4.78, 5) is 0. The molecule has 0 spiro atoms. The first-order chi connectivity index (χ1) is 3.27. The third kappa shape index (κ3) is 5.88. The molecule has 0 radical (unpaired) electrons. The van der Waals surface area contributed by atoms with Gasteiger partial charge in [0.15, 0.2) is 0 Å². The maximum atomic E-state index is 8.04. The molecule has 3 N–H and O–H groups in total. The van der Waals surface area contributed by atoms with Crippen molar-refractivity contribution in [3.05, 3.63) is 0 Å². The van der Waals surface area contributed by atoms with Crippen molar-refractivity contribution in [1.82, 2.24) is 0 Å². The van der Waals surface area contributed by atoms with E-state index in [0.29, 0.717) is 6.61 Å². The van der Waals surface area contributed by atoms with Gasteiger partial charge in [-0.05, 0) is 6.92 Å². The van der Waals surface area contributed by atoms with E-state index in [-0.39, 0.29) is 12.8 Å². The Bertz CT molecular complexity index is 38.7. The third-order valence-corrected chi connectivity index (χ3v) is 0.472. The van der Waals surface area contributed by atoms with Crippen LogP contribution in [-0.4, -0.2) is 24.5 Å². The summed E-state index contributed by atoms with van der Waals surface area (Å²) in [6.45, 7) is 2.01. The summed E-state index contributed by atoms with van der Waals surface area (Å²) in [5.74, 6) is 0. The van der Waals surface area contributed by atoms with E-state index in [1.807, 2.05) is 6.92 Å². The molecule has 0 aromatic rings. The molecule has 0 aliphatic heterocycles. The Balaban J connectivity index is 2.68. The highest BCUT2D eigenvalue weighted by Crippen LogP contribution is 1.74. The van der Waals surface area contributed by atoms with Crippen LogP contribution < -0.4 is 5.73 Å². The molecule has 0 aromatic carbocycles. The first-order valence-electron chi connectivity index (χ1n) is 2.21. The van der Waals surface area contributed by atoms with Crippen LogP contribution in [0.2, 0.25) is 0 Å². The van der Waals surface area contributed by atoms with Gasteiger partial charge in [0, 0.05) is 6.04 Å². The van der Waals surface area contributed by atoms with Crippen molar-refractivity contribution in [2.24, 2.45) is 5.73 Å². The molecule has 7 heavy (non-hydrogen) atoms. The number of aliphatic hydroxyl groups is 1. The second kappa shape index (κ2) is 4.05. The smallest absolute Gasteiger partial charge is 0.143 e. The zero-order chi connectivity index (χ0) is 5.70. The Morgan fingerprint density at radius 1 is 1.86 bits per heavy atom. The van der Waals surface area contributed by atoms with Crippen LogP contribution in [0, 0.1) is 0 Å². The fraction of sp³-hybridized carbons (Fsp3) is 1.00. The average Bonchev–Trinajstić information content (AvgIpc) is 1.61. The third-order valence-electron chi connectivity index (χ3n) is 0.472. The van der Waals surface area contributed by atoms with E-state index in [4.69, 9.17) is 10.8 Å². The predicted octanol–water partition coefficient (Wildman–Crippen LogP) is -0.700. The summed E-state index contributed by atoms with van der Waals surface area (Å²) in [6, 6.07) is 0.0205. The quantitative estimate of drug-likeness (QED) is 0.467. The summed E-state index contributed by atoms with van der Waals surface area (Å²) in [6.07, 6.45) is 0. The van der Waals surface area contributed by atoms with Gasteiger partial charge in [-0.3, -0.25) is 0 Å². The Morgan fingerprint density at radius 2 is 2.43 bits per heavy atom. The van der Waals surface area contributed by atoms with Crippen LogP contribution in [0.1, 0.15) is 6.92 Å². The molecule has 0 rings (SSSR count). The van der Waals surface area contributed by atoms with E-state index >= 15 is 0 Å². The van der Waals surface area contributed by atoms with Crippen LogP contribution in [0.5, 0.6) is 0 Å². The maximum Gasteiger partial charge on any atom is 0.143 e. The number of hydrogen-bond acceptors (Lipinski definition) is 3. The number of ether oxygens (including phenoxy) is 1. The lowest BCUT2D eigenvalue weighted by atomic mass is 10.4. The molecule has 0 amide bonds. The van der Waals surface area contributed by atoms with Crippen LogP contribution in [0.4, 0.5) is 0 Å². The molecule has 0 saturated carbocycles. The molecule has 0 aromatic heterocycles. The topological polar surface area (TPSA) is 55.5 Å². The minimum absolute atomic E-state index is 0.0205. The van der Waals surface area contributed by atoms with Gasteiger partial charge in [-0.1, -0.05) is 0 Å². The highest BCUT2D eigenvalue weighted by molar-refractivity contribution is 4.46. The fourth-order valence-electron chi connectivity index (χ4n) is 0.239. The van der Waals surface area contributed by atoms with Crippen LogP contribution >= 0.6 is 0 Å². The van der Waals surface area contributed by atoms with Crippen LogP contribution in [0.3, 0.4) is 0 Å². The predicted molar refractivity (Wildman–Crippen MR) is 26.7 cm³/mol. The highest BCUT2D eigenvalue weighted by atomic mass is 16.6. The average molecular weight is 105 g/mol. The van der Waals surface area contributed by atoms with Gasteiger partial charge in [-0.25, -0.2) is 0 Å². The standard InChI is InChI=1S/C4H11NO2/c1-4(5)2-7-3-6/h4,6H,2-3,5H2,1H3. The molecular formula is C4H11NO2. The molecule has 0 bridgehead atoms. The van der Waals surface area contributed by atoms with Gasteiger partial charge in [0.2, 0.25) is 0 Å². The van der Waals surface area contributed by atoms with Gasteiger partial charge < -0.3 is 15.6 Å². The van der Waals surface area contributed by atoms with Gasteiger partial charge in [0.25, 0.3) is 0 Å². The Hall–Kier alpha value is -0.120. The van der Waals surface area contributed by atoms with E-state index in [1.54, 1.807) is 0 Å². The van der Waals surface area contributed by atoms with Crippen molar-refractivity contribution in [2.75, 3.05) is 13.4 Å². The molecule has 0 heterocycles. The highest BCUT2D eigenvalue weighted by Gasteiger charge is 1.88. The van der Waals surface area contributed by atoms with Gasteiger partial charge in [-0.15, -0.1) is 0 Å². The molecule has 44 valence electrons. The van der Waals surface area contributed by atoms with Crippen LogP contribution in [0.15, 0.2) is 0 Å². The van der Waals surface area contributed by atoms with E-state index in [2.05, 4.69) is 4.74 Å². The van der Waals surface area contributed by atoms with Crippen molar-refractivity contribution in [2.45, 2.75) is 13.0 Å². The molecule has 1 unspecified atom stereocenters. The van der Waals surface area contributed by atoms with Crippen molar-refractivity contribution in [3.63, 3.8) is 0 Å². The van der Waals surface area contributed by atoms with Crippen molar-refractivity contribution < 1.29 is 9.84 Å². The second-order valence-corrected chi connectivity index (χ2v) is 1.48. The largest absolute Gasteiger partial charge is 0.371 e. The van der Waals surface area contributed by atoms with E-state index in [1.165, 1.54) is 0 Å². The molecule has 1 atom stereocenters. The van der Waals surface area contributed by atoms with E-state index in [0.717, 1.165) is 0 Å². The number of hydrogen-bond donors (Lipinski definition) is 2. The maximum absolute atomic E-state index is 8.04. The minimum atomic E-state index is -0.235. The molecule has 0 fully saturated rings. The lowest BCUT2D eigenvalue weighted by Gasteiger charge is -2.01. The van der Waals surface area contributed by atoms with E-state index in [9.17, 15) is 0 Å². The SMILES string of the molecule is CC(N)COCO. The monoisotopic (exact) mass is 105 g/mol. The lowest BCUT2D eigenvalue weighted by molar-refractivity contribution is -0.00550. The summed E-state index contributed by atoms with van der Waals surface area (Å²) in [7, 11) is 0. The van der Waals surface area contributed by atoms with Crippen LogP contribution in [0.25, 0.3) is 0 Å². The fourth-order valence-corrected chi connectivity index (χ4v) is 0.239. The zero-order valence-corrected chi connectivity index (χ0v) is 4.42. The number of nitrogens with two attached hydrogens (primary N) is 1. The normalized spacial score (nSPS) is 14.1. The van der Waals surface area contributed by atoms with Crippen molar-refractivity contribution >= 4 is 0 Å².